The molecule has 1 saturated heterocycles. The first-order chi connectivity index (χ1) is 14.5. The molecule has 0 saturated carbocycles. The Morgan fingerprint density at radius 3 is 2.97 bits per heavy atom. The number of amides is 1. The highest BCUT2D eigenvalue weighted by atomic mass is 16.6. The average molecular weight is 415 g/mol. The van der Waals surface area contributed by atoms with Crippen LogP contribution in [-0.2, 0) is 29.0 Å². The fourth-order valence-corrected chi connectivity index (χ4v) is 3.97. The van der Waals surface area contributed by atoms with Crippen LogP contribution >= 0.6 is 0 Å². The van der Waals surface area contributed by atoms with E-state index < -0.39 is 5.91 Å². The molecular weight excluding hydrogens is 386 g/mol. The fraction of sp³-hybridized carbons (Fsp3) is 0.571. The molecule has 2 aromatic rings. The van der Waals surface area contributed by atoms with Crippen molar-refractivity contribution in [3.63, 3.8) is 0 Å². The predicted octanol–water partition coefficient (Wildman–Crippen LogP) is 0.925. The molecule has 0 aromatic carbocycles. The van der Waals surface area contributed by atoms with Crippen molar-refractivity contribution in [2.45, 2.75) is 45.4 Å². The number of rotatable bonds is 6. The van der Waals surface area contributed by atoms with Crippen molar-refractivity contribution in [2.24, 2.45) is 0 Å². The first kappa shape index (κ1) is 20.8. The molecule has 1 atom stereocenters. The molecule has 2 aliphatic heterocycles. The van der Waals surface area contributed by atoms with Gasteiger partial charge in [-0.05, 0) is 18.1 Å². The van der Waals surface area contributed by atoms with Gasteiger partial charge in [0, 0.05) is 49.6 Å². The molecule has 2 aliphatic rings. The van der Waals surface area contributed by atoms with Crippen molar-refractivity contribution in [3.8, 4) is 0 Å². The number of aromatic nitrogens is 3. The molecule has 9 nitrogen and oxygen atoms in total. The summed E-state index contributed by atoms with van der Waals surface area (Å²) in [6, 6.07) is 3.40. The number of fused-ring (bicyclic) bond motifs is 1. The van der Waals surface area contributed by atoms with Crippen molar-refractivity contribution in [3.05, 3.63) is 50.7 Å². The first-order valence-corrected chi connectivity index (χ1v) is 10.5. The summed E-state index contributed by atoms with van der Waals surface area (Å²) in [4.78, 5) is 30.0. The van der Waals surface area contributed by atoms with E-state index in [2.05, 4.69) is 39.2 Å². The topological polar surface area (TPSA) is 112 Å². The van der Waals surface area contributed by atoms with Crippen LogP contribution < -0.4 is 10.9 Å². The molecule has 1 amide bonds. The maximum Gasteiger partial charge on any atom is 0.261 e. The number of ether oxygens (including phenoxy) is 2. The molecule has 30 heavy (non-hydrogen) atoms. The summed E-state index contributed by atoms with van der Waals surface area (Å²) in [6.45, 7) is 8.45. The lowest BCUT2D eigenvalue weighted by molar-refractivity contribution is -0.0855. The molecule has 0 radical (unpaired) electrons. The third kappa shape index (κ3) is 4.63. The van der Waals surface area contributed by atoms with Crippen LogP contribution in [0.5, 0.6) is 0 Å². The Hall–Kier alpha value is -2.49. The van der Waals surface area contributed by atoms with Crippen LogP contribution in [-0.4, -0.2) is 65.0 Å². The maximum absolute atomic E-state index is 12.5. The third-order valence-corrected chi connectivity index (χ3v) is 5.58. The summed E-state index contributed by atoms with van der Waals surface area (Å²) in [5.41, 5.74) is 4.11. The molecule has 1 fully saturated rings. The molecule has 9 heteroatoms. The third-order valence-electron chi connectivity index (χ3n) is 5.58. The summed E-state index contributed by atoms with van der Waals surface area (Å²) < 4.78 is 10.8. The molecule has 0 bridgehead atoms. The van der Waals surface area contributed by atoms with E-state index in [1.807, 2.05) is 6.07 Å². The SMILES string of the molecule is CC(C)c1n[nH]c2c1CN(Cc1ccc(C(=O)NC[C@H]3COCCO3)c(=O)[nH]1)CC2. The van der Waals surface area contributed by atoms with E-state index in [4.69, 9.17) is 9.47 Å². The largest absolute Gasteiger partial charge is 0.376 e. The summed E-state index contributed by atoms with van der Waals surface area (Å²) in [6.07, 6.45) is 0.732. The predicted molar refractivity (Wildman–Crippen MR) is 110 cm³/mol. The summed E-state index contributed by atoms with van der Waals surface area (Å²) in [7, 11) is 0. The van der Waals surface area contributed by atoms with Gasteiger partial charge in [0.05, 0.1) is 31.6 Å². The number of hydrogen-bond donors (Lipinski definition) is 3. The Morgan fingerprint density at radius 2 is 2.23 bits per heavy atom. The van der Waals surface area contributed by atoms with Crippen LogP contribution in [0.2, 0.25) is 0 Å². The van der Waals surface area contributed by atoms with Crippen molar-refractivity contribution in [1.82, 2.24) is 25.4 Å². The molecule has 4 rings (SSSR count). The highest BCUT2D eigenvalue weighted by Gasteiger charge is 2.24. The van der Waals surface area contributed by atoms with Crippen molar-refractivity contribution < 1.29 is 14.3 Å². The Morgan fingerprint density at radius 1 is 1.37 bits per heavy atom. The van der Waals surface area contributed by atoms with Gasteiger partial charge in [0.15, 0.2) is 0 Å². The summed E-state index contributed by atoms with van der Waals surface area (Å²) in [5, 5.41) is 10.4. The van der Waals surface area contributed by atoms with Gasteiger partial charge in [-0.25, -0.2) is 0 Å². The van der Waals surface area contributed by atoms with Gasteiger partial charge >= 0.3 is 0 Å². The highest BCUT2D eigenvalue weighted by molar-refractivity contribution is 5.93. The molecule has 3 N–H and O–H groups in total. The molecule has 0 unspecified atom stereocenters. The van der Waals surface area contributed by atoms with E-state index in [1.54, 1.807) is 6.07 Å². The monoisotopic (exact) mass is 415 g/mol. The normalized spacial score (nSPS) is 19.6. The second-order valence-corrected chi connectivity index (χ2v) is 8.19. The number of nitrogens with one attached hydrogen (secondary N) is 3. The lowest BCUT2D eigenvalue weighted by Crippen LogP contribution is -2.41. The summed E-state index contributed by atoms with van der Waals surface area (Å²) in [5.74, 6) is -0.0346. The zero-order valence-electron chi connectivity index (χ0n) is 17.5. The molecule has 162 valence electrons. The number of pyridine rings is 1. The zero-order valence-corrected chi connectivity index (χ0v) is 17.5. The minimum absolute atomic E-state index is 0.105. The van der Waals surface area contributed by atoms with E-state index in [-0.39, 0.29) is 17.2 Å². The number of carbonyl (C=O) groups is 1. The first-order valence-electron chi connectivity index (χ1n) is 10.5. The molecule has 4 heterocycles. The van der Waals surface area contributed by atoms with Crippen LogP contribution in [0.4, 0.5) is 0 Å². The smallest absolute Gasteiger partial charge is 0.261 e. The quantitative estimate of drug-likeness (QED) is 0.647. The van der Waals surface area contributed by atoms with Gasteiger partial charge in [-0.3, -0.25) is 19.6 Å². The lowest BCUT2D eigenvalue weighted by atomic mass is 9.99. The zero-order chi connectivity index (χ0) is 21.1. The number of aromatic amines is 2. The van der Waals surface area contributed by atoms with E-state index in [1.165, 1.54) is 11.3 Å². The van der Waals surface area contributed by atoms with Crippen LogP contribution in [0.1, 0.15) is 52.8 Å². The molecular formula is C21H29N5O4. The minimum atomic E-state index is -0.403. The molecule has 0 aliphatic carbocycles. The van der Waals surface area contributed by atoms with Crippen LogP contribution in [0.15, 0.2) is 16.9 Å². The van der Waals surface area contributed by atoms with Gasteiger partial charge in [0.1, 0.15) is 5.56 Å². The van der Waals surface area contributed by atoms with Gasteiger partial charge in [-0.15, -0.1) is 0 Å². The van der Waals surface area contributed by atoms with E-state index >= 15 is 0 Å². The molecule has 0 spiro atoms. The standard InChI is InChI=1S/C21H29N5O4/c1-13(2)19-17-11-26(6-5-18(17)24-25-19)10-14-3-4-16(21(28)23-14)20(27)22-9-15-12-29-7-8-30-15/h3-4,13,15H,5-12H2,1-2H3,(H,22,27)(H,23,28)(H,24,25)/t15-/m0/s1. The Kier molecular flexibility index (Phi) is 6.31. The van der Waals surface area contributed by atoms with Gasteiger partial charge in [0.25, 0.3) is 11.5 Å². The molecule has 2 aromatic heterocycles. The Bertz CT molecular complexity index is 945. The Labute approximate surface area is 175 Å². The number of carbonyl (C=O) groups excluding carboxylic acids is 1. The number of hydrogen-bond acceptors (Lipinski definition) is 6. The minimum Gasteiger partial charge on any atom is -0.376 e. The van der Waals surface area contributed by atoms with E-state index in [0.29, 0.717) is 38.8 Å². The summed E-state index contributed by atoms with van der Waals surface area (Å²) >= 11 is 0. The van der Waals surface area contributed by atoms with Crippen LogP contribution in [0.25, 0.3) is 0 Å². The maximum atomic E-state index is 12.5. The average Bonchev–Trinajstić information content (AvgIpc) is 3.16. The van der Waals surface area contributed by atoms with Crippen molar-refractivity contribution in [1.29, 1.82) is 0 Å². The number of H-pyrrole nitrogens is 2. The van der Waals surface area contributed by atoms with Crippen LogP contribution in [0, 0.1) is 0 Å². The van der Waals surface area contributed by atoms with E-state index in [0.717, 1.165) is 30.9 Å². The van der Waals surface area contributed by atoms with Crippen molar-refractivity contribution >= 4 is 5.91 Å². The second-order valence-electron chi connectivity index (χ2n) is 8.19. The van der Waals surface area contributed by atoms with E-state index in [9.17, 15) is 9.59 Å². The highest BCUT2D eigenvalue weighted by Crippen LogP contribution is 2.26. The van der Waals surface area contributed by atoms with Crippen molar-refractivity contribution in [2.75, 3.05) is 32.9 Å². The van der Waals surface area contributed by atoms with Crippen LogP contribution in [0.3, 0.4) is 0 Å². The second kappa shape index (κ2) is 9.11. The van der Waals surface area contributed by atoms with Gasteiger partial charge in [0.2, 0.25) is 0 Å². The number of nitrogens with zero attached hydrogens (tertiary/aromatic N) is 2. The Balaban J connectivity index is 1.37. The van der Waals surface area contributed by atoms with Gasteiger partial charge in [-0.1, -0.05) is 13.8 Å². The lowest BCUT2D eigenvalue weighted by Gasteiger charge is -2.27. The fourth-order valence-electron chi connectivity index (χ4n) is 3.97. The van der Waals surface area contributed by atoms with Gasteiger partial charge in [-0.2, -0.15) is 5.10 Å². The van der Waals surface area contributed by atoms with Gasteiger partial charge < -0.3 is 19.8 Å².